The topological polar surface area (TPSA) is 53.6 Å². The molecule has 1 fully saturated rings. The quantitative estimate of drug-likeness (QED) is 0.461. The summed E-state index contributed by atoms with van der Waals surface area (Å²) in [7, 11) is 3.35. The molecule has 2 aromatic carbocycles. The number of halogens is 1. The van der Waals surface area contributed by atoms with Crippen molar-refractivity contribution in [2.45, 2.75) is 51.6 Å². The summed E-state index contributed by atoms with van der Waals surface area (Å²) in [5, 5.41) is 6.60. The number of rotatable bonds is 11. The van der Waals surface area contributed by atoms with E-state index < -0.39 is 0 Å². The second kappa shape index (κ2) is 12.1. The van der Waals surface area contributed by atoms with E-state index in [4.69, 9.17) is 16.3 Å². The summed E-state index contributed by atoms with van der Waals surface area (Å²) in [6.45, 7) is 5.00. The van der Waals surface area contributed by atoms with Gasteiger partial charge in [0.2, 0.25) is 0 Å². The Bertz CT molecular complexity index is 875. The molecule has 0 saturated carbocycles. The summed E-state index contributed by atoms with van der Waals surface area (Å²) in [5.74, 6) is 1.11. The zero-order valence-electron chi connectivity index (χ0n) is 19.5. The normalized spacial score (nSPS) is 18.5. The van der Waals surface area contributed by atoms with Gasteiger partial charge in [-0.15, -0.1) is 0 Å². The minimum absolute atomic E-state index is 0.151. The second-order valence-corrected chi connectivity index (χ2v) is 9.05. The molecule has 1 heterocycles. The Morgan fingerprint density at radius 2 is 2.00 bits per heavy atom. The number of carbonyl (C=O) groups is 1. The van der Waals surface area contributed by atoms with Crippen LogP contribution in [0.5, 0.6) is 5.75 Å². The highest BCUT2D eigenvalue weighted by atomic mass is 35.5. The van der Waals surface area contributed by atoms with E-state index in [0.29, 0.717) is 28.9 Å². The van der Waals surface area contributed by atoms with Crippen molar-refractivity contribution in [2.24, 2.45) is 5.92 Å². The van der Waals surface area contributed by atoms with Crippen molar-refractivity contribution >= 4 is 23.2 Å². The van der Waals surface area contributed by atoms with Crippen LogP contribution in [0.1, 0.15) is 54.9 Å². The number of likely N-dealkylation sites (tertiary alicyclic amines) is 1. The molecule has 32 heavy (non-hydrogen) atoms. The largest absolute Gasteiger partial charge is 0.496 e. The molecular formula is C26H36ClN3O2. The SMILES string of the molecule is CCCC[C@@H]1C[C@@H](CCNC(=O)c2cc(Cl)c(NC)cc2OC)N(Cc2ccccc2)C1. The Morgan fingerprint density at radius 3 is 2.69 bits per heavy atom. The number of nitrogens with one attached hydrogen (secondary N) is 2. The second-order valence-electron chi connectivity index (χ2n) is 8.64. The molecule has 0 spiro atoms. The summed E-state index contributed by atoms with van der Waals surface area (Å²) in [5.41, 5.74) is 2.55. The molecule has 1 saturated heterocycles. The van der Waals surface area contributed by atoms with Crippen LogP contribution in [-0.2, 0) is 6.54 Å². The van der Waals surface area contributed by atoms with Crippen LogP contribution in [-0.4, -0.2) is 44.1 Å². The third-order valence-corrected chi connectivity index (χ3v) is 6.69. The van der Waals surface area contributed by atoms with Gasteiger partial charge in [-0.3, -0.25) is 9.69 Å². The number of benzene rings is 2. The van der Waals surface area contributed by atoms with E-state index in [1.165, 1.54) is 31.2 Å². The highest BCUT2D eigenvalue weighted by Crippen LogP contribution is 2.32. The first-order chi connectivity index (χ1) is 15.5. The smallest absolute Gasteiger partial charge is 0.255 e. The van der Waals surface area contributed by atoms with Crippen LogP contribution in [0.3, 0.4) is 0 Å². The van der Waals surface area contributed by atoms with E-state index in [0.717, 1.165) is 31.1 Å². The zero-order valence-corrected chi connectivity index (χ0v) is 20.3. The predicted molar refractivity (Wildman–Crippen MR) is 133 cm³/mol. The van der Waals surface area contributed by atoms with Crippen molar-refractivity contribution < 1.29 is 9.53 Å². The molecule has 0 aromatic heterocycles. The molecule has 2 N–H and O–H groups in total. The third-order valence-electron chi connectivity index (χ3n) is 6.38. The Labute approximate surface area is 197 Å². The number of hydrogen-bond acceptors (Lipinski definition) is 4. The molecule has 0 unspecified atom stereocenters. The van der Waals surface area contributed by atoms with E-state index in [9.17, 15) is 4.79 Å². The number of methoxy groups -OCH3 is 1. The molecule has 0 aliphatic carbocycles. The molecule has 1 amide bonds. The van der Waals surface area contributed by atoms with Crippen LogP contribution >= 0.6 is 11.6 Å². The Balaban J connectivity index is 1.61. The number of nitrogens with zero attached hydrogens (tertiary/aromatic N) is 1. The van der Waals surface area contributed by atoms with Gasteiger partial charge in [0, 0.05) is 38.8 Å². The molecule has 6 heteroatoms. The van der Waals surface area contributed by atoms with Gasteiger partial charge in [-0.05, 0) is 36.8 Å². The first kappa shape index (κ1) is 24.4. The van der Waals surface area contributed by atoms with Gasteiger partial charge >= 0.3 is 0 Å². The molecule has 5 nitrogen and oxygen atoms in total. The molecule has 174 valence electrons. The van der Waals surface area contributed by atoms with E-state index in [1.54, 1.807) is 26.3 Å². The number of ether oxygens (including phenoxy) is 1. The lowest BCUT2D eigenvalue weighted by Crippen LogP contribution is -2.33. The van der Waals surface area contributed by atoms with E-state index in [1.807, 2.05) is 0 Å². The number of carbonyl (C=O) groups excluding carboxylic acids is 1. The maximum absolute atomic E-state index is 12.8. The number of amides is 1. The Hall–Kier alpha value is -2.24. The average molecular weight is 458 g/mol. The van der Waals surface area contributed by atoms with Crippen LogP contribution in [0, 0.1) is 5.92 Å². The van der Waals surface area contributed by atoms with Crippen LogP contribution in [0.4, 0.5) is 5.69 Å². The summed E-state index contributed by atoms with van der Waals surface area (Å²) in [6, 6.07) is 14.6. The summed E-state index contributed by atoms with van der Waals surface area (Å²) < 4.78 is 5.41. The van der Waals surface area contributed by atoms with Gasteiger partial charge in [-0.2, -0.15) is 0 Å². The maximum Gasteiger partial charge on any atom is 0.255 e. The van der Waals surface area contributed by atoms with Crippen molar-refractivity contribution in [3.63, 3.8) is 0 Å². The molecule has 2 atom stereocenters. The van der Waals surface area contributed by atoms with E-state index >= 15 is 0 Å². The van der Waals surface area contributed by atoms with Gasteiger partial charge < -0.3 is 15.4 Å². The van der Waals surface area contributed by atoms with Gasteiger partial charge in [0.25, 0.3) is 5.91 Å². The summed E-state index contributed by atoms with van der Waals surface area (Å²) in [4.78, 5) is 15.4. The summed E-state index contributed by atoms with van der Waals surface area (Å²) in [6.07, 6.45) is 5.96. The molecule has 1 aliphatic rings. The molecule has 1 aliphatic heterocycles. The Kier molecular flexibility index (Phi) is 9.24. The maximum atomic E-state index is 12.8. The zero-order chi connectivity index (χ0) is 22.9. The van der Waals surface area contributed by atoms with Crippen molar-refractivity contribution in [3.8, 4) is 5.75 Å². The molecular weight excluding hydrogens is 422 g/mol. The van der Waals surface area contributed by atoms with Gasteiger partial charge in [-0.25, -0.2) is 0 Å². The highest BCUT2D eigenvalue weighted by molar-refractivity contribution is 6.33. The van der Waals surface area contributed by atoms with Crippen molar-refractivity contribution in [1.29, 1.82) is 0 Å². The van der Waals surface area contributed by atoms with Crippen molar-refractivity contribution in [3.05, 3.63) is 58.6 Å². The fraction of sp³-hybridized carbons (Fsp3) is 0.500. The van der Waals surface area contributed by atoms with E-state index in [2.05, 4.69) is 52.8 Å². The lowest BCUT2D eigenvalue weighted by molar-refractivity contribution is 0.0946. The minimum Gasteiger partial charge on any atom is -0.496 e. The third kappa shape index (κ3) is 6.39. The van der Waals surface area contributed by atoms with Crippen molar-refractivity contribution in [1.82, 2.24) is 10.2 Å². The lowest BCUT2D eigenvalue weighted by Gasteiger charge is -2.24. The fourth-order valence-electron chi connectivity index (χ4n) is 4.64. The molecule has 0 radical (unpaired) electrons. The number of hydrogen-bond donors (Lipinski definition) is 2. The molecule has 0 bridgehead atoms. The van der Waals surface area contributed by atoms with E-state index in [-0.39, 0.29) is 5.91 Å². The fourth-order valence-corrected chi connectivity index (χ4v) is 4.90. The van der Waals surface area contributed by atoms with Crippen LogP contribution in [0.2, 0.25) is 5.02 Å². The lowest BCUT2D eigenvalue weighted by atomic mass is 9.98. The van der Waals surface area contributed by atoms with Gasteiger partial charge in [-0.1, -0.05) is 61.7 Å². The van der Waals surface area contributed by atoms with Crippen LogP contribution in [0.15, 0.2) is 42.5 Å². The van der Waals surface area contributed by atoms with Gasteiger partial charge in [0.1, 0.15) is 5.75 Å². The molecule has 2 aromatic rings. The van der Waals surface area contributed by atoms with Gasteiger partial charge in [0.05, 0.1) is 23.4 Å². The highest BCUT2D eigenvalue weighted by Gasteiger charge is 2.31. The first-order valence-corrected chi connectivity index (χ1v) is 12.0. The summed E-state index contributed by atoms with van der Waals surface area (Å²) >= 11 is 6.29. The predicted octanol–water partition coefficient (Wildman–Crippen LogP) is 5.59. The first-order valence-electron chi connectivity index (χ1n) is 11.7. The average Bonchev–Trinajstić information content (AvgIpc) is 3.19. The monoisotopic (exact) mass is 457 g/mol. The standard InChI is InChI=1S/C26H36ClN3O2/c1-4-5-9-20-14-21(30(18-20)17-19-10-7-6-8-11-19)12-13-29-26(31)22-15-23(27)24(28-2)16-25(22)32-3/h6-8,10-11,15-16,20-21,28H,4-5,9,12-14,17-18H2,1-3H3,(H,29,31)/t20-,21-/m1/s1. The van der Waals surface area contributed by atoms with Crippen molar-refractivity contribution in [2.75, 3.05) is 32.6 Å². The van der Waals surface area contributed by atoms with Crippen LogP contribution in [0.25, 0.3) is 0 Å². The Morgan fingerprint density at radius 1 is 1.22 bits per heavy atom. The van der Waals surface area contributed by atoms with Gasteiger partial charge in [0.15, 0.2) is 0 Å². The number of anilines is 1. The number of unbranched alkanes of at least 4 members (excludes halogenated alkanes) is 1. The van der Waals surface area contributed by atoms with Crippen LogP contribution < -0.4 is 15.4 Å². The minimum atomic E-state index is -0.151. The molecule has 3 rings (SSSR count).